The molecule has 7 nitrogen and oxygen atoms in total. The lowest BCUT2D eigenvalue weighted by Crippen LogP contribution is -2.64. The maximum absolute atomic E-state index is 13.0. The van der Waals surface area contributed by atoms with Gasteiger partial charge >= 0.3 is 0 Å². The molecule has 3 aromatic rings. The number of benzene rings is 1. The lowest BCUT2D eigenvalue weighted by atomic mass is 9.86. The van der Waals surface area contributed by atoms with Crippen molar-refractivity contribution in [1.82, 2.24) is 19.8 Å². The standard InChI is InChI=1S/C23H24N4O3/c1-30-21-20(15-6-10-24-11-7-15)27(23(21)29)17-8-12-26(13-9-17)22(28)19-14-16-4-2-3-5-18(16)25-19/h2-7,10-11,14,17,20-21,25H,8-9,12-13H2,1H3/t20-,21+/m0/s1. The number of piperidine rings is 1. The number of nitrogens with one attached hydrogen (secondary N) is 1. The molecule has 4 heterocycles. The van der Waals surface area contributed by atoms with E-state index < -0.39 is 6.10 Å². The first kappa shape index (κ1) is 18.8. The lowest BCUT2D eigenvalue weighted by Gasteiger charge is -2.52. The summed E-state index contributed by atoms with van der Waals surface area (Å²) in [5, 5.41) is 1.03. The number of ether oxygens (including phenoxy) is 1. The van der Waals surface area contributed by atoms with Crippen molar-refractivity contribution in [2.45, 2.75) is 31.0 Å². The minimum Gasteiger partial charge on any atom is -0.369 e. The first-order valence-electron chi connectivity index (χ1n) is 10.3. The second-order valence-corrected chi connectivity index (χ2v) is 7.92. The number of aromatic nitrogens is 2. The third-order valence-electron chi connectivity index (χ3n) is 6.29. The number of H-pyrrole nitrogens is 1. The highest BCUT2D eigenvalue weighted by atomic mass is 16.5. The topological polar surface area (TPSA) is 78.5 Å². The van der Waals surface area contributed by atoms with Crippen molar-refractivity contribution in [2.24, 2.45) is 0 Å². The molecule has 0 radical (unpaired) electrons. The van der Waals surface area contributed by atoms with Gasteiger partial charge in [-0.25, -0.2) is 0 Å². The number of para-hydroxylation sites is 1. The number of fused-ring (bicyclic) bond motifs is 1. The van der Waals surface area contributed by atoms with Gasteiger partial charge in [0.25, 0.3) is 11.8 Å². The fourth-order valence-corrected chi connectivity index (χ4v) is 4.72. The van der Waals surface area contributed by atoms with Gasteiger partial charge in [0.1, 0.15) is 5.69 Å². The normalized spacial score (nSPS) is 22.4. The summed E-state index contributed by atoms with van der Waals surface area (Å²) in [6, 6.07) is 13.7. The van der Waals surface area contributed by atoms with Crippen molar-refractivity contribution >= 4 is 22.7 Å². The van der Waals surface area contributed by atoms with E-state index >= 15 is 0 Å². The number of hydrogen-bond donors (Lipinski definition) is 1. The molecule has 0 spiro atoms. The molecule has 30 heavy (non-hydrogen) atoms. The van der Waals surface area contributed by atoms with Gasteiger partial charge in [0, 0.05) is 49.5 Å². The van der Waals surface area contributed by atoms with Crippen LogP contribution in [0, 0.1) is 0 Å². The highest BCUT2D eigenvalue weighted by molar-refractivity contribution is 5.98. The second kappa shape index (κ2) is 7.57. The van der Waals surface area contributed by atoms with Crippen molar-refractivity contribution in [2.75, 3.05) is 20.2 Å². The quantitative estimate of drug-likeness (QED) is 0.679. The molecule has 154 valence electrons. The number of carbonyl (C=O) groups excluding carboxylic acids is 2. The smallest absolute Gasteiger partial charge is 0.270 e. The summed E-state index contributed by atoms with van der Waals surface area (Å²) in [6.45, 7) is 1.26. The molecular weight excluding hydrogens is 380 g/mol. The molecule has 1 aromatic carbocycles. The fourth-order valence-electron chi connectivity index (χ4n) is 4.72. The highest BCUT2D eigenvalue weighted by Gasteiger charge is 2.51. The van der Waals surface area contributed by atoms with Gasteiger partial charge in [-0.05, 0) is 42.7 Å². The summed E-state index contributed by atoms with van der Waals surface area (Å²) >= 11 is 0. The number of methoxy groups -OCH3 is 1. The van der Waals surface area contributed by atoms with Gasteiger partial charge in [-0.2, -0.15) is 0 Å². The third kappa shape index (κ3) is 3.06. The molecule has 2 aliphatic heterocycles. The van der Waals surface area contributed by atoms with E-state index in [1.54, 1.807) is 19.5 Å². The van der Waals surface area contributed by atoms with Gasteiger partial charge in [0.15, 0.2) is 6.10 Å². The number of hydrogen-bond acceptors (Lipinski definition) is 4. The van der Waals surface area contributed by atoms with Crippen LogP contribution in [-0.4, -0.2) is 63.9 Å². The Morgan fingerprint density at radius 1 is 1.13 bits per heavy atom. The predicted octanol–water partition coefficient (Wildman–Crippen LogP) is 2.77. The van der Waals surface area contributed by atoms with Crippen LogP contribution in [0.2, 0.25) is 0 Å². The Hall–Kier alpha value is -3.19. The van der Waals surface area contributed by atoms with Crippen LogP contribution in [0.5, 0.6) is 0 Å². The largest absolute Gasteiger partial charge is 0.369 e. The summed E-state index contributed by atoms with van der Waals surface area (Å²) in [5.74, 6) is 0.0414. The minimum absolute atomic E-state index is 0.0139. The Balaban J connectivity index is 1.28. The Kier molecular flexibility index (Phi) is 4.75. The molecule has 2 saturated heterocycles. The monoisotopic (exact) mass is 404 g/mol. The fraction of sp³-hybridized carbons (Fsp3) is 0.348. The summed E-state index contributed by atoms with van der Waals surface area (Å²) in [6.07, 6.45) is 4.55. The molecule has 0 saturated carbocycles. The van der Waals surface area contributed by atoms with Gasteiger partial charge in [-0.3, -0.25) is 14.6 Å². The van der Waals surface area contributed by atoms with Gasteiger partial charge in [-0.15, -0.1) is 0 Å². The van der Waals surface area contributed by atoms with E-state index in [-0.39, 0.29) is 23.9 Å². The molecular formula is C23H24N4O3. The first-order chi connectivity index (χ1) is 14.7. The van der Waals surface area contributed by atoms with Crippen LogP contribution in [0.15, 0.2) is 54.9 Å². The molecule has 0 unspecified atom stereocenters. The Bertz CT molecular complexity index is 1040. The second-order valence-electron chi connectivity index (χ2n) is 7.92. The van der Waals surface area contributed by atoms with E-state index in [9.17, 15) is 9.59 Å². The van der Waals surface area contributed by atoms with E-state index in [1.807, 2.05) is 52.3 Å². The molecule has 2 aromatic heterocycles. The Labute approximate surface area is 174 Å². The number of aromatic amines is 1. The molecule has 2 fully saturated rings. The summed E-state index contributed by atoms with van der Waals surface area (Å²) in [7, 11) is 1.58. The Morgan fingerprint density at radius 3 is 2.57 bits per heavy atom. The van der Waals surface area contributed by atoms with E-state index in [0.717, 1.165) is 29.3 Å². The average Bonchev–Trinajstić information content (AvgIpc) is 3.22. The molecule has 5 rings (SSSR count). The van der Waals surface area contributed by atoms with E-state index in [1.165, 1.54) is 0 Å². The predicted molar refractivity (Wildman–Crippen MR) is 112 cm³/mol. The van der Waals surface area contributed by atoms with Gasteiger partial charge in [0.05, 0.1) is 6.04 Å². The zero-order chi connectivity index (χ0) is 20.7. The van der Waals surface area contributed by atoms with Crippen molar-refractivity contribution < 1.29 is 14.3 Å². The number of β-lactam (4-membered cyclic amide) rings is 1. The van der Waals surface area contributed by atoms with E-state index in [2.05, 4.69) is 9.97 Å². The van der Waals surface area contributed by atoms with Crippen LogP contribution in [0.4, 0.5) is 0 Å². The van der Waals surface area contributed by atoms with Gasteiger partial charge < -0.3 is 19.5 Å². The summed E-state index contributed by atoms with van der Waals surface area (Å²) in [4.78, 5) is 36.8. The zero-order valence-corrected chi connectivity index (χ0v) is 16.8. The highest BCUT2D eigenvalue weighted by Crippen LogP contribution is 2.40. The summed E-state index contributed by atoms with van der Waals surface area (Å²) < 4.78 is 5.45. The van der Waals surface area contributed by atoms with Crippen molar-refractivity contribution in [3.8, 4) is 0 Å². The lowest BCUT2D eigenvalue weighted by molar-refractivity contribution is -0.178. The SMILES string of the molecule is CO[C@H]1C(=O)N(C2CCN(C(=O)c3cc4ccccc4[nH]3)CC2)[C@H]1c1ccncc1. The van der Waals surface area contributed by atoms with Gasteiger partial charge in [0.2, 0.25) is 0 Å². The third-order valence-corrected chi connectivity index (χ3v) is 6.29. The minimum atomic E-state index is -0.446. The number of nitrogens with zero attached hydrogens (tertiary/aromatic N) is 3. The van der Waals surface area contributed by atoms with Crippen LogP contribution >= 0.6 is 0 Å². The number of likely N-dealkylation sites (tertiary alicyclic amines) is 2. The van der Waals surface area contributed by atoms with Crippen LogP contribution in [-0.2, 0) is 9.53 Å². The van der Waals surface area contributed by atoms with Crippen molar-refractivity contribution in [3.63, 3.8) is 0 Å². The summed E-state index contributed by atoms with van der Waals surface area (Å²) in [5.41, 5.74) is 2.62. The molecule has 0 aliphatic carbocycles. The molecule has 2 aliphatic rings. The van der Waals surface area contributed by atoms with Crippen molar-refractivity contribution in [1.29, 1.82) is 0 Å². The van der Waals surface area contributed by atoms with Gasteiger partial charge in [-0.1, -0.05) is 18.2 Å². The maximum Gasteiger partial charge on any atom is 0.270 e. The molecule has 2 atom stereocenters. The maximum atomic E-state index is 13.0. The number of amides is 2. The molecule has 0 bridgehead atoms. The van der Waals surface area contributed by atoms with Crippen LogP contribution < -0.4 is 0 Å². The number of rotatable bonds is 4. The van der Waals surface area contributed by atoms with Crippen LogP contribution in [0.25, 0.3) is 10.9 Å². The van der Waals surface area contributed by atoms with Crippen molar-refractivity contribution in [3.05, 3.63) is 66.1 Å². The first-order valence-corrected chi connectivity index (χ1v) is 10.3. The molecule has 7 heteroatoms. The van der Waals surface area contributed by atoms with E-state index in [0.29, 0.717) is 18.8 Å². The molecule has 1 N–H and O–H groups in total. The van der Waals surface area contributed by atoms with Crippen LogP contribution in [0.3, 0.4) is 0 Å². The van der Waals surface area contributed by atoms with E-state index in [4.69, 9.17) is 4.74 Å². The number of pyridine rings is 1. The molecule has 2 amide bonds. The van der Waals surface area contributed by atoms with Crippen LogP contribution in [0.1, 0.15) is 34.9 Å². The Morgan fingerprint density at radius 2 is 1.87 bits per heavy atom. The number of carbonyl (C=O) groups is 2. The average molecular weight is 404 g/mol. The zero-order valence-electron chi connectivity index (χ0n) is 16.8.